The van der Waals surface area contributed by atoms with Gasteiger partial charge in [0.1, 0.15) is 11.5 Å². The van der Waals surface area contributed by atoms with Crippen molar-refractivity contribution in [2.45, 2.75) is 26.2 Å². The number of amidine groups is 1. The lowest BCUT2D eigenvalue weighted by atomic mass is 9.90. The number of carbonyl (C=O) groups is 1. The average Bonchev–Trinajstić information content (AvgIpc) is 3.23. The van der Waals surface area contributed by atoms with Crippen LogP contribution in [0.15, 0.2) is 56.8 Å². The Morgan fingerprint density at radius 1 is 1.19 bits per heavy atom. The van der Waals surface area contributed by atoms with Crippen LogP contribution in [0.5, 0.6) is 0 Å². The van der Waals surface area contributed by atoms with Crippen molar-refractivity contribution in [3.05, 3.63) is 64.5 Å². The van der Waals surface area contributed by atoms with Gasteiger partial charge in [-0.15, -0.1) is 0 Å². The Labute approximate surface area is 158 Å². The fraction of sp³-hybridized carbons (Fsp3) is 0.333. The van der Waals surface area contributed by atoms with Crippen LogP contribution in [-0.2, 0) is 11.2 Å². The Kier molecular flexibility index (Phi) is 4.98. The standard InChI is InChI=1S/C21H22N2O2S/c1-15-7-8-18(25-15)14-19-20(24)22-21(26-19)23-11-9-17(10-12-23)13-16-5-3-2-4-6-16/h2-8,14,17H,9-13H2,1H3/b19-14-. The monoisotopic (exact) mass is 366 g/mol. The molecule has 0 radical (unpaired) electrons. The molecule has 3 heterocycles. The van der Waals surface area contributed by atoms with Gasteiger partial charge in [-0.3, -0.25) is 4.79 Å². The minimum atomic E-state index is -0.162. The van der Waals surface area contributed by atoms with Gasteiger partial charge in [0, 0.05) is 19.2 Å². The predicted octanol–water partition coefficient (Wildman–Crippen LogP) is 4.51. The molecular formula is C21H22N2O2S. The fourth-order valence-corrected chi connectivity index (χ4v) is 4.41. The Morgan fingerprint density at radius 3 is 2.65 bits per heavy atom. The summed E-state index contributed by atoms with van der Waals surface area (Å²) in [6.45, 7) is 3.82. The van der Waals surface area contributed by atoms with E-state index in [1.165, 1.54) is 17.3 Å². The molecule has 26 heavy (non-hydrogen) atoms. The Bertz CT molecular complexity index is 846. The Hall–Kier alpha value is -2.27. The molecule has 0 unspecified atom stereocenters. The molecule has 1 amide bonds. The minimum absolute atomic E-state index is 0.162. The lowest BCUT2D eigenvalue weighted by Crippen LogP contribution is -2.37. The van der Waals surface area contributed by atoms with Crippen molar-refractivity contribution in [2.24, 2.45) is 10.9 Å². The molecule has 0 saturated carbocycles. The number of hydrogen-bond donors (Lipinski definition) is 0. The number of hydrogen-bond acceptors (Lipinski definition) is 4. The van der Waals surface area contributed by atoms with Crippen LogP contribution in [0.2, 0.25) is 0 Å². The van der Waals surface area contributed by atoms with Crippen molar-refractivity contribution in [1.29, 1.82) is 0 Å². The number of aliphatic imine (C=N–C) groups is 1. The maximum atomic E-state index is 12.2. The topological polar surface area (TPSA) is 45.8 Å². The van der Waals surface area contributed by atoms with Crippen molar-refractivity contribution in [2.75, 3.05) is 13.1 Å². The van der Waals surface area contributed by atoms with E-state index in [0.29, 0.717) is 16.6 Å². The van der Waals surface area contributed by atoms with Crippen molar-refractivity contribution in [3.8, 4) is 0 Å². The SMILES string of the molecule is Cc1ccc(/C=C2\SC(N3CCC(Cc4ccccc4)CC3)=NC2=O)o1. The van der Waals surface area contributed by atoms with Gasteiger partial charge in [-0.25, -0.2) is 0 Å². The van der Waals surface area contributed by atoms with Crippen LogP contribution in [0.3, 0.4) is 0 Å². The van der Waals surface area contributed by atoms with Crippen LogP contribution >= 0.6 is 11.8 Å². The molecule has 2 aliphatic rings. The summed E-state index contributed by atoms with van der Waals surface area (Å²) in [5.41, 5.74) is 1.41. The summed E-state index contributed by atoms with van der Waals surface area (Å²) in [4.78, 5) is 19.3. The first-order valence-corrected chi connectivity index (χ1v) is 9.87. The fourth-order valence-electron chi connectivity index (χ4n) is 3.47. The normalized spacial score (nSPS) is 20.0. The zero-order chi connectivity index (χ0) is 17.9. The van der Waals surface area contributed by atoms with E-state index in [2.05, 4.69) is 40.2 Å². The maximum absolute atomic E-state index is 12.2. The minimum Gasteiger partial charge on any atom is -0.462 e. The number of nitrogens with zero attached hydrogens (tertiary/aromatic N) is 2. The highest BCUT2D eigenvalue weighted by molar-refractivity contribution is 8.18. The number of piperidine rings is 1. The number of benzene rings is 1. The predicted molar refractivity (Wildman–Crippen MR) is 106 cm³/mol. The Balaban J connectivity index is 1.34. The molecule has 5 heteroatoms. The van der Waals surface area contributed by atoms with E-state index in [-0.39, 0.29) is 5.91 Å². The van der Waals surface area contributed by atoms with Crippen LogP contribution in [0.1, 0.15) is 29.9 Å². The van der Waals surface area contributed by atoms with E-state index in [1.807, 2.05) is 19.1 Å². The second kappa shape index (κ2) is 7.54. The van der Waals surface area contributed by atoms with Crippen molar-refractivity contribution >= 4 is 28.9 Å². The van der Waals surface area contributed by atoms with Crippen LogP contribution in [0.25, 0.3) is 6.08 Å². The molecule has 0 bridgehead atoms. The maximum Gasteiger partial charge on any atom is 0.286 e. The van der Waals surface area contributed by atoms with E-state index in [9.17, 15) is 4.79 Å². The van der Waals surface area contributed by atoms with Crippen LogP contribution in [0, 0.1) is 12.8 Å². The molecule has 0 spiro atoms. The first-order chi connectivity index (χ1) is 12.7. The molecule has 2 aromatic rings. The lowest BCUT2D eigenvalue weighted by Gasteiger charge is -2.32. The molecule has 1 saturated heterocycles. The molecule has 2 aliphatic heterocycles. The number of aryl methyl sites for hydroxylation is 1. The van der Waals surface area contributed by atoms with Crippen molar-refractivity contribution in [1.82, 2.24) is 4.90 Å². The van der Waals surface area contributed by atoms with Gasteiger partial charge in [0.25, 0.3) is 5.91 Å². The summed E-state index contributed by atoms with van der Waals surface area (Å²) >= 11 is 1.46. The van der Waals surface area contributed by atoms with Crippen LogP contribution < -0.4 is 0 Å². The lowest BCUT2D eigenvalue weighted by molar-refractivity contribution is -0.113. The van der Waals surface area contributed by atoms with E-state index >= 15 is 0 Å². The van der Waals surface area contributed by atoms with Crippen molar-refractivity contribution in [3.63, 3.8) is 0 Å². The number of carbonyl (C=O) groups excluding carboxylic acids is 1. The van der Waals surface area contributed by atoms with E-state index in [4.69, 9.17) is 4.42 Å². The first-order valence-electron chi connectivity index (χ1n) is 9.05. The number of likely N-dealkylation sites (tertiary alicyclic amines) is 1. The molecule has 134 valence electrons. The highest BCUT2D eigenvalue weighted by Gasteiger charge is 2.29. The second-order valence-electron chi connectivity index (χ2n) is 6.88. The molecule has 1 aromatic carbocycles. The number of furan rings is 1. The van der Waals surface area contributed by atoms with Gasteiger partial charge in [-0.1, -0.05) is 30.3 Å². The summed E-state index contributed by atoms with van der Waals surface area (Å²) in [6.07, 6.45) is 5.20. The molecule has 4 rings (SSSR count). The number of rotatable bonds is 3. The summed E-state index contributed by atoms with van der Waals surface area (Å²) in [5.74, 6) is 2.09. The third-order valence-corrected chi connectivity index (χ3v) is 5.94. The highest BCUT2D eigenvalue weighted by atomic mass is 32.2. The molecule has 1 aromatic heterocycles. The van der Waals surface area contributed by atoms with Gasteiger partial charge in [0.05, 0.1) is 4.91 Å². The van der Waals surface area contributed by atoms with Crippen LogP contribution in [-0.4, -0.2) is 29.1 Å². The highest BCUT2D eigenvalue weighted by Crippen LogP contribution is 2.33. The third-order valence-electron chi connectivity index (χ3n) is 4.90. The van der Waals surface area contributed by atoms with Crippen molar-refractivity contribution < 1.29 is 9.21 Å². The number of thioether (sulfide) groups is 1. The molecule has 0 atom stereocenters. The summed E-state index contributed by atoms with van der Waals surface area (Å²) in [6, 6.07) is 14.5. The molecule has 1 fully saturated rings. The quantitative estimate of drug-likeness (QED) is 0.750. The summed E-state index contributed by atoms with van der Waals surface area (Å²) < 4.78 is 5.54. The molecule has 4 nitrogen and oxygen atoms in total. The van der Waals surface area contributed by atoms with Gasteiger partial charge in [-0.2, -0.15) is 4.99 Å². The number of amides is 1. The molecule has 0 N–H and O–H groups in total. The largest absolute Gasteiger partial charge is 0.462 e. The van der Waals surface area contributed by atoms with Gasteiger partial charge in [-0.05, 0) is 61.6 Å². The van der Waals surface area contributed by atoms with Gasteiger partial charge in [0.2, 0.25) is 0 Å². The van der Waals surface area contributed by atoms with Gasteiger partial charge >= 0.3 is 0 Å². The van der Waals surface area contributed by atoms with E-state index < -0.39 is 0 Å². The smallest absolute Gasteiger partial charge is 0.286 e. The van der Waals surface area contributed by atoms with Crippen LogP contribution in [0.4, 0.5) is 0 Å². The average molecular weight is 366 g/mol. The zero-order valence-corrected chi connectivity index (χ0v) is 15.7. The third kappa shape index (κ3) is 3.93. The summed E-state index contributed by atoms with van der Waals surface area (Å²) in [5, 5.41) is 0.836. The van der Waals surface area contributed by atoms with Gasteiger partial charge in [0.15, 0.2) is 5.17 Å². The Morgan fingerprint density at radius 2 is 1.96 bits per heavy atom. The van der Waals surface area contributed by atoms with Gasteiger partial charge < -0.3 is 9.32 Å². The first kappa shape index (κ1) is 17.2. The van der Waals surface area contributed by atoms with E-state index in [1.54, 1.807) is 6.08 Å². The van der Waals surface area contributed by atoms with E-state index in [0.717, 1.165) is 43.3 Å². The summed E-state index contributed by atoms with van der Waals surface area (Å²) in [7, 11) is 0. The molecular weight excluding hydrogens is 344 g/mol. The molecule has 0 aliphatic carbocycles. The second-order valence-corrected chi connectivity index (χ2v) is 7.89. The zero-order valence-electron chi connectivity index (χ0n) is 14.9.